The van der Waals surface area contributed by atoms with Gasteiger partial charge in [0.2, 0.25) is 0 Å². The summed E-state index contributed by atoms with van der Waals surface area (Å²) in [5.74, 6) is 0.998. The van der Waals surface area contributed by atoms with Crippen LogP contribution in [0.15, 0.2) is 35.8 Å². The van der Waals surface area contributed by atoms with Gasteiger partial charge in [-0.25, -0.2) is 9.97 Å². The third kappa shape index (κ3) is 3.32. The molecule has 6 nitrogen and oxygen atoms in total. The van der Waals surface area contributed by atoms with E-state index in [4.69, 9.17) is 4.98 Å². The van der Waals surface area contributed by atoms with E-state index >= 15 is 0 Å². The summed E-state index contributed by atoms with van der Waals surface area (Å²) in [5, 5.41) is 8.68. The van der Waals surface area contributed by atoms with E-state index in [1.165, 1.54) is 0 Å². The molecule has 1 fully saturated rings. The van der Waals surface area contributed by atoms with Gasteiger partial charge in [-0.3, -0.25) is 9.89 Å². The van der Waals surface area contributed by atoms with E-state index in [1.54, 1.807) is 23.6 Å². The number of aryl methyl sites for hydroxylation is 1. The summed E-state index contributed by atoms with van der Waals surface area (Å²) in [4.78, 5) is 25.1. The molecule has 1 amide bonds. The number of nitrogens with one attached hydrogen (secondary N) is 1. The fourth-order valence-electron chi connectivity index (χ4n) is 3.24. The summed E-state index contributed by atoms with van der Waals surface area (Å²) in [7, 11) is 0. The van der Waals surface area contributed by atoms with E-state index in [1.807, 2.05) is 24.0 Å². The molecule has 0 aromatic carbocycles. The molecule has 1 N–H and O–H groups in total. The minimum absolute atomic E-state index is 0.00617. The van der Waals surface area contributed by atoms with E-state index < -0.39 is 0 Å². The van der Waals surface area contributed by atoms with Crippen molar-refractivity contribution in [2.24, 2.45) is 0 Å². The van der Waals surface area contributed by atoms with Gasteiger partial charge in [0.15, 0.2) is 0 Å². The Bertz CT molecular complexity index is 860. The number of rotatable bonds is 3. The van der Waals surface area contributed by atoms with Crippen LogP contribution in [0.3, 0.4) is 0 Å². The minimum Gasteiger partial charge on any atom is -0.337 e. The van der Waals surface area contributed by atoms with E-state index in [2.05, 4.69) is 26.6 Å². The second-order valence-electron chi connectivity index (χ2n) is 6.29. The van der Waals surface area contributed by atoms with Crippen LogP contribution in [0.25, 0.3) is 10.6 Å². The molecule has 1 aliphatic rings. The highest BCUT2D eigenvalue weighted by Crippen LogP contribution is 2.29. The number of amides is 1. The number of carbonyl (C=O) groups is 1. The van der Waals surface area contributed by atoms with Crippen LogP contribution in [0.2, 0.25) is 0 Å². The molecule has 0 saturated carbocycles. The lowest BCUT2D eigenvalue weighted by Crippen LogP contribution is -2.39. The third-order valence-corrected chi connectivity index (χ3v) is 5.34. The van der Waals surface area contributed by atoms with Crippen molar-refractivity contribution in [3.8, 4) is 10.6 Å². The molecule has 0 bridgehead atoms. The number of piperidine rings is 1. The molecule has 0 radical (unpaired) electrons. The normalized spacial score (nSPS) is 17.6. The molecule has 3 aromatic rings. The maximum atomic E-state index is 12.6. The van der Waals surface area contributed by atoms with Crippen molar-refractivity contribution in [3.63, 3.8) is 0 Å². The second kappa shape index (κ2) is 6.76. The van der Waals surface area contributed by atoms with Crippen LogP contribution in [0.4, 0.5) is 0 Å². The van der Waals surface area contributed by atoms with Gasteiger partial charge in [-0.05, 0) is 43.3 Å². The number of likely N-dealkylation sites (tertiary alicyclic amines) is 1. The Kier molecular flexibility index (Phi) is 4.31. The maximum Gasteiger partial charge on any atom is 0.271 e. The van der Waals surface area contributed by atoms with Gasteiger partial charge in [-0.1, -0.05) is 6.07 Å². The van der Waals surface area contributed by atoms with E-state index in [9.17, 15) is 4.79 Å². The van der Waals surface area contributed by atoms with Gasteiger partial charge in [0.05, 0.1) is 10.6 Å². The Morgan fingerprint density at radius 3 is 3.04 bits per heavy atom. The summed E-state index contributed by atoms with van der Waals surface area (Å²) in [6, 6.07) is 7.84. The number of thiophene rings is 1. The van der Waals surface area contributed by atoms with Crippen LogP contribution < -0.4 is 0 Å². The highest BCUT2D eigenvalue weighted by molar-refractivity contribution is 7.13. The smallest absolute Gasteiger partial charge is 0.271 e. The summed E-state index contributed by atoms with van der Waals surface area (Å²) < 4.78 is 0. The Hall–Kier alpha value is -2.54. The number of hydrogen-bond acceptors (Lipinski definition) is 5. The van der Waals surface area contributed by atoms with Crippen molar-refractivity contribution in [1.29, 1.82) is 0 Å². The van der Waals surface area contributed by atoms with Crippen LogP contribution in [-0.4, -0.2) is 44.1 Å². The van der Waals surface area contributed by atoms with Crippen LogP contribution in [0.5, 0.6) is 0 Å². The molecule has 7 heteroatoms. The van der Waals surface area contributed by atoms with Crippen molar-refractivity contribution in [2.75, 3.05) is 13.1 Å². The number of hydrogen-bond donors (Lipinski definition) is 1. The van der Waals surface area contributed by atoms with Gasteiger partial charge in [0, 0.05) is 30.9 Å². The number of aromatic nitrogens is 4. The zero-order valence-electron chi connectivity index (χ0n) is 14.0. The molecule has 1 atom stereocenters. The van der Waals surface area contributed by atoms with Gasteiger partial charge in [0.25, 0.3) is 5.91 Å². The summed E-state index contributed by atoms with van der Waals surface area (Å²) in [6.45, 7) is 3.40. The zero-order chi connectivity index (χ0) is 17.2. The topological polar surface area (TPSA) is 74.8 Å². The molecule has 4 rings (SSSR count). The monoisotopic (exact) mass is 353 g/mol. The van der Waals surface area contributed by atoms with Crippen molar-refractivity contribution in [2.45, 2.75) is 25.7 Å². The summed E-state index contributed by atoms with van der Waals surface area (Å²) in [5.41, 5.74) is 2.46. The van der Waals surface area contributed by atoms with Gasteiger partial charge in [0.1, 0.15) is 11.5 Å². The Labute approximate surface area is 149 Å². The van der Waals surface area contributed by atoms with Gasteiger partial charge < -0.3 is 4.90 Å². The molecule has 0 unspecified atom stereocenters. The van der Waals surface area contributed by atoms with Crippen molar-refractivity contribution >= 4 is 17.2 Å². The average molecular weight is 353 g/mol. The highest BCUT2D eigenvalue weighted by atomic mass is 32.1. The van der Waals surface area contributed by atoms with E-state index in [-0.39, 0.29) is 11.8 Å². The Balaban J connectivity index is 1.58. The van der Waals surface area contributed by atoms with Crippen molar-refractivity contribution in [3.05, 3.63) is 53.1 Å². The molecule has 1 aliphatic heterocycles. The number of H-pyrrole nitrogens is 1. The van der Waals surface area contributed by atoms with Gasteiger partial charge in [-0.2, -0.15) is 5.10 Å². The Morgan fingerprint density at radius 1 is 1.36 bits per heavy atom. The minimum atomic E-state index is -0.00617. The second-order valence-corrected chi connectivity index (χ2v) is 7.24. The lowest BCUT2D eigenvalue weighted by atomic mass is 9.96. The standard InChI is InChI=1S/C18H19N5OS/c1-12-10-15(16-5-3-9-25-16)21-17(20-12)13-4-2-8-23(11-13)18(24)14-6-7-19-22-14/h3,5-7,9-10,13H,2,4,8,11H2,1H3,(H,19,22)/t13-/m0/s1. The van der Waals surface area contributed by atoms with Gasteiger partial charge in [-0.15, -0.1) is 11.3 Å². The lowest BCUT2D eigenvalue weighted by molar-refractivity contribution is 0.0698. The van der Waals surface area contributed by atoms with E-state index in [0.29, 0.717) is 12.2 Å². The predicted octanol–water partition coefficient (Wildman–Crippen LogP) is 3.26. The molecular formula is C18H19N5OS. The molecule has 4 heterocycles. The first-order chi connectivity index (χ1) is 12.2. The van der Waals surface area contributed by atoms with Crippen LogP contribution in [-0.2, 0) is 0 Å². The van der Waals surface area contributed by atoms with Crippen molar-refractivity contribution < 1.29 is 4.79 Å². The fourth-order valence-corrected chi connectivity index (χ4v) is 3.93. The number of aromatic amines is 1. The summed E-state index contributed by atoms with van der Waals surface area (Å²) >= 11 is 1.68. The van der Waals surface area contributed by atoms with Crippen LogP contribution in [0.1, 0.15) is 40.8 Å². The Morgan fingerprint density at radius 2 is 2.28 bits per heavy atom. The quantitative estimate of drug-likeness (QED) is 0.784. The van der Waals surface area contributed by atoms with Crippen LogP contribution in [0, 0.1) is 6.92 Å². The predicted molar refractivity (Wildman–Crippen MR) is 96.5 cm³/mol. The summed E-state index contributed by atoms with van der Waals surface area (Å²) in [6.07, 6.45) is 3.56. The molecule has 128 valence electrons. The molecular weight excluding hydrogens is 334 g/mol. The fraction of sp³-hybridized carbons (Fsp3) is 0.333. The molecule has 1 saturated heterocycles. The zero-order valence-corrected chi connectivity index (χ0v) is 14.8. The van der Waals surface area contributed by atoms with Crippen LogP contribution >= 0.6 is 11.3 Å². The molecule has 0 aliphatic carbocycles. The first-order valence-electron chi connectivity index (χ1n) is 8.39. The molecule has 25 heavy (non-hydrogen) atoms. The highest BCUT2D eigenvalue weighted by Gasteiger charge is 2.28. The lowest BCUT2D eigenvalue weighted by Gasteiger charge is -2.31. The number of carbonyl (C=O) groups excluding carboxylic acids is 1. The molecule has 0 spiro atoms. The van der Waals surface area contributed by atoms with E-state index in [0.717, 1.165) is 41.5 Å². The average Bonchev–Trinajstić information content (AvgIpc) is 3.34. The first-order valence-corrected chi connectivity index (χ1v) is 9.27. The van der Waals surface area contributed by atoms with Crippen molar-refractivity contribution in [1.82, 2.24) is 25.1 Å². The SMILES string of the molecule is Cc1cc(-c2cccs2)nc([C@H]2CCCN(C(=O)c3ccn[nH]3)C2)n1. The molecule has 3 aromatic heterocycles. The van der Waals surface area contributed by atoms with Gasteiger partial charge >= 0.3 is 0 Å². The largest absolute Gasteiger partial charge is 0.337 e. The maximum absolute atomic E-state index is 12.6. The first kappa shape index (κ1) is 16.0. The third-order valence-electron chi connectivity index (χ3n) is 4.45. The number of nitrogens with zero attached hydrogens (tertiary/aromatic N) is 4.